The van der Waals surface area contributed by atoms with Gasteiger partial charge in [0.1, 0.15) is 0 Å². The molecule has 1 aromatic rings. The fraction of sp³-hybridized carbons (Fsp3) is 0.579. The summed E-state index contributed by atoms with van der Waals surface area (Å²) in [5.74, 6) is 0.160. The third-order valence-electron chi connectivity index (χ3n) is 4.35. The van der Waals surface area contributed by atoms with Crippen LogP contribution in [0.25, 0.3) is 0 Å². The van der Waals surface area contributed by atoms with Crippen LogP contribution >= 0.6 is 0 Å². The van der Waals surface area contributed by atoms with Gasteiger partial charge in [0, 0.05) is 44.3 Å². The highest BCUT2D eigenvalue weighted by atomic mass is 16.2. The van der Waals surface area contributed by atoms with E-state index in [9.17, 15) is 4.79 Å². The van der Waals surface area contributed by atoms with Crippen LogP contribution in [0.3, 0.4) is 0 Å². The molecule has 0 aromatic carbocycles. The smallest absolute Gasteiger partial charge is 0.246 e. The predicted molar refractivity (Wildman–Crippen MR) is 95.5 cm³/mol. The molecule has 0 atom stereocenters. The monoisotopic (exact) mass is 315 g/mol. The molecule has 1 amide bonds. The molecule has 0 unspecified atom stereocenters. The highest BCUT2D eigenvalue weighted by molar-refractivity contribution is 5.87. The fourth-order valence-corrected chi connectivity index (χ4v) is 2.90. The second kappa shape index (κ2) is 10.0. The highest BCUT2D eigenvalue weighted by Crippen LogP contribution is 2.15. The van der Waals surface area contributed by atoms with Crippen LogP contribution in [0.5, 0.6) is 0 Å². The molecule has 2 heterocycles. The average molecular weight is 315 g/mol. The maximum absolute atomic E-state index is 12.2. The van der Waals surface area contributed by atoms with Gasteiger partial charge in [0.05, 0.1) is 0 Å². The summed E-state index contributed by atoms with van der Waals surface area (Å²) in [5, 5.41) is 0. The first-order chi connectivity index (χ1) is 11.3. The minimum atomic E-state index is 0.160. The van der Waals surface area contributed by atoms with Crippen molar-refractivity contribution < 1.29 is 4.79 Å². The zero-order valence-electron chi connectivity index (χ0n) is 14.3. The number of allylic oxidation sites excluding steroid dienone is 1. The van der Waals surface area contributed by atoms with Gasteiger partial charge in [-0.3, -0.25) is 9.78 Å². The molecule has 1 fully saturated rings. The van der Waals surface area contributed by atoms with Crippen molar-refractivity contribution in [3.63, 3.8) is 0 Å². The average Bonchev–Trinajstić information content (AvgIpc) is 2.61. The van der Waals surface area contributed by atoms with Gasteiger partial charge in [-0.2, -0.15) is 0 Å². The molecule has 2 rings (SSSR count). The first-order valence-corrected chi connectivity index (χ1v) is 8.91. The fourth-order valence-electron chi connectivity index (χ4n) is 2.90. The van der Waals surface area contributed by atoms with Crippen LogP contribution in [-0.2, 0) is 4.79 Å². The van der Waals surface area contributed by atoms with E-state index in [1.54, 1.807) is 6.08 Å². The number of anilines is 1. The number of aromatic nitrogens is 1. The van der Waals surface area contributed by atoms with Crippen molar-refractivity contribution in [2.24, 2.45) is 0 Å². The lowest BCUT2D eigenvalue weighted by Crippen LogP contribution is -2.48. The molecule has 4 nitrogen and oxygen atoms in total. The third kappa shape index (κ3) is 6.05. The Bertz CT molecular complexity index is 479. The van der Waals surface area contributed by atoms with Crippen molar-refractivity contribution in [2.45, 2.75) is 45.4 Å². The van der Waals surface area contributed by atoms with E-state index < -0.39 is 0 Å². The van der Waals surface area contributed by atoms with Gasteiger partial charge in [-0.15, -0.1) is 0 Å². The first kappa shape index (κ1) is 17.5. The lowest BCUT2D eigenvalue weighted by molar-refractivity contribution is -0.126. The molecule has 0 radical (unpaired) electrons. The van der Waals surface area contributed by atoms with Crippen LogP contribution < -0.4 is 4.90 Å². The van der Waals surface area contributed by atoms with Crippen LogP contribution in [-0.4, -0.2) is 42.0 Å². The molecular formula is C19H29N3O. The molecule has 23 heavy (non-hydrogen) atoms. The van der Waals surface area contributed by atoms with E-state index in [1.165, 1.54) is 37.8 Å². The largest absolute Gasteiger partial charge is 0.368 e. The Morgan fingerprint density at radius 2 is 1.78 bits per heavy atom. The summed E-state index contributed by atoms with van der Waals surface area (Å²) < 4.78 is 0. The van der Waals surface area contributed by atoms with Gasteiger partial charge in [-0.25, -0.2) is 0 Å². The van der Waals surface area contributed by atoms with Crippen LogP contribution in [0, 0.1) is 0 Å². The van der Waals surface area contributed by atoms with Crippen LogP contribution in [0.2, 0.25) is 0 Å². The maximum Gasteiger partial charge on any atom is 0.246 e. The number of carbonyl (C=O) groups is 1. The van der Waals surface area contributed by atoms with Crippen molar-refractivity contribution >= 4 is 11.6 Å². The summed E-state index contributed by atoms with van der Waals surface area (Å²) in [5.41, 5.74) is 1.19. The molecule has 0 bridgehead atoms. The summed E-state index contributed by atoms with van der Waals surface area (Å²) in [6.07, 6.45) is 14.8. The first-order valence-electron chi connectivity index (χ1n) is 8.91. The molecule has 1 aromatic heterocycles. The van der Waals surface area contributed by atoms with Crippen LogP contribution in [0.1, 0.15) is 45.4 Å². The van der Waals surface area contributed by atoms with Crippen molar-refractivity contribution in [1.82, 2.24) is 9.88 Å². The molecular weight excluding hydrogens is 286 g/mol. The zero-order chi connectivity index (χ0) is 16.3. The molecule has 0 saturated carbocycles. The number of hydrogen-bond acceptors (Lipinski definition) is 3. The van der Waals surface area contributed by atoms with E-state index in [1.807, 2.05) is 35.5 Å². The minimum absolute atomic E-state index is 0.160. The molecule has 0 spiro atoms. The number of rotatable bonds is 8. The summed E-state index contributed by atoms with van der Waals surface area (Å²) in [4.78, 5) is 20.5. The third-order valence-corrected chi connectivity index (χ3v) is 4.35. The Balaban J connectivity index is 1.65. The van der Waals surface area contributed by atoms with Crippen molar-refractivity contribution in [2.75, 3.05) is 31.1 Å². The standard InChI is InChI=1S/C19H29N3O/c1-2-3-4-5-6-7-8-9-19(23)22-16-14-21(15-17-22)18-10-12-20-13-11-18/h8-13H,2-7,14-17H2,1H3/b9-8+. The number of unbranched alkanes of at least 4 members (excludes halogenated alkanes) is 5. The van der Waals surface area contributed by atoms with E-state index in [0.717, 1.165) is 32.6 Å². The number of carbonyl (C=O) groups excluding carboxylic acids is 1. The number of hydrogen-bond donors (Lipinski definition) is 0. The minimum Gasteiger partial charge on any atom is -0.368 e. The molecule has 126 valence electrons. The Morgan fingerprint density at radius 3 is 2.48 bits per heavy atom. The van der Waals surface area contributed by atoms with E-state index in [2.05, 4.69) is 16.8 Å². The van der Waals surface area contributed by atoms with E-state index in [0.29, 0.717) is 0 Å². The predicted octanol–water partition coefficient (Wildman–Crippen LogP) is 3.65. The van der Waals surface area contributed by atoms with E-state index in [4.69, 9.17) is 0 Å². The highest BCUT2D eigenvalue weighted by Gasteiger charge is 2.19. The van der Waals surface area contributed by atoms with Gasteiger partial charge >= 0.3 is 0 Å². The number of pyridine rings is 1. The van der Waals surface area contributed by atoms with E-state index >= 15 is 0 Å². The van der Waals surface area contributed by atoms with Gasteiger partial charge < -0.3 is 9.80 Å². The van der Waals surface area contributed by atoms with Gasteiger partial charge in [-0.05, 0) is 31.1 Å². The second-order valence-corrected chi connectivity index (χ2v) is 6.12. The van der Waals surface area contributed by atoms with Crippen molar-refractivity contribution in [3.05, 3.63) is 36.7 Å². The Kier molecular flexibility index (Phi) is 7.64. The quantitative estimate of drug-likeness (QED) is 0.543. The van der Waals surface area contributed by atoms with Crippen molar-refractivity contribution in [1.29, 1.82) is 0 Å². The number of nitrogens with zero attached hydrogens (tertiary/aromatic N) is 3. The van der Waals surface area contributed by atoms with Gasteiger partial charge in [0.2, 0.25) is 5.91 Å². The summed E-state index contributed by atoms with van der Waals surface area (Å²) in [6, 6.07) is 4.05. The van der Waals surface area contributed by atoms with Crippen molar-refractivity contribution in [3.8, 4) is 0 Å². The molecule has 4 heteroatoms. The summed E-state index contributed by atoms with van der Waals surface area (Å²) in [7, 11) is 0. The topological polar surface area (TPSA) is 36.4 Å². The lowest BCUT2D eigenvalue weighted by Gasteiger charge is -2.35. The molecule has 1 saturated heterocycles. The molecule has 1 aliphatic rings. The van der Waals surface area contributed by atoms with Crippen LogP contribution in [0.15, 0.2) is 36.7 Å². The summed E-state index contributed by atoms with van der Waals surface area (Å²) in [6.45, 7) is 5.60. The zero-order valence-corrected chi connectivity index (χ0v) is 14.3. The second-order valence-electron chi connectivity index (χ2n) is 6.12. The number of piperazine rings is 1. The SMILES string of the molecule is CCCCCCC/C=C/C(=O)N1CCN(c2ccncc2)CC1. The molecule has 1 aliphatic heterocycles. The lowest BCUT2D eigenvalue weighted by atomic mass is 10.1. The van der Waals surface area contributed by atoms with Gasteiger partial charge in [0.15, 0.2) is 0 Å². The Labute approximate surface area is 140 Å². The maximum atomic E-state index is 12.2. The number of amides is 1. The van der Waals surface area contributed by atoms with E-state index in [-0.39, 0.29) is 5.91 Å². The summed E-state index contributed by atoms with van der Waals surface area (Å²) >= 11 is 0. The van der Waals surface area contributed by atoms with Gasteiger partial charge in [-0.1, -0.05) is 38.7 Å². The normalized spacial score (nSPS) is 15.3. The Morgan fingerprint density at radius 1 is 1.09 bits per heavy atom. The van der Waals surface area contributed by atoms with Gasteiger partial charge in [0.25, 0.3) is 0 Å². The molecule has 0 aliphatic carbocycles. The Hall–Kier alpha value is -1.84. The molecule has 0 N–H and O–H groups in total. The van der Waals surface area contributed by atoms with Crippen LogP contribution in [0.4, 0.5) is 5.69 Å².